The van der Waals surface area contributed by atoms with Gasteiger partial charge in [0.1, 0.15) is 29.9 Å². The van der Waals surface area contributed by atoms with Crippen LogP contribution in [0.1, 0.15) is 138 Å². The largest absolute Gasteiger partial charge is 0.388 e. The summed E-state index contributed by atoms with van der Waals surface area (Å²) in [7, 11) is 0. The summed E-state index contributed by atoms with van der Waals surface area (Å²) in [5, 5.41) is 31.4. The summed E-state index contributed by atoms with van der Waals surface area (Å²) in [5.41, 5.74) is 8.25. The van der Waals surface area contributed by atoms with Crippen LogP contribution in [0.5, 0.6) is 0 Å². The summed E-state index contributed by atoms with van der Waals surface area (Å²) >= 11 is 4.31. The minimum atomic E-state index is -1.35. The lowest BCUT2D eigenvalue weighted by molar-refractivity contribution is -0.212. The first-order valence-corrected chi connectivity index (χ1v) is 19.8. The van der Waals surface area contributed by atoms with Crippen LogP contribution < -0.4 is 5.73 Å². The molecule has 0 spiro atoms. The van der Waals surface area contributed by atoms with Gasteiger partial charge < -0.3 is 30.5 Å². The van der Waals surface area contributed by atoms with Crippen LogP contribution >= 0.6 is 12.6 Å². The molecule has 4 aliphatic carbocycles. The highest BCUT2D eigenvalue weighted by Gasteiger charge is 2.59. The van der Waals surface area contributed by atoms with Crippen LogP contribution in [0.25, 0.3) is 0 Å². The molecule has 4 fully saturated rings. The van der Waals surface area contributed by atoms with E-state index < -0.39 is 35.9 Å². The number of aliphatic hydroxyl groups excluding tert-OH is 3. The topological polar surface area (TPSA) is 105 Å². The third kappa shape index (κ3) is 7.32. The number of fused-ring (bicyclic) bond motifs is 5. The minimum Gasteiger partial charge on any atom is -0.388 e. The van der Waals surface area contributed by atoms with Crippen molar-refractivity contribution in [3.63, 3.8) is 0 Å². The zero-order valence-electron chi connectivity index (χ0n) is 29.9. The van der Waals surface area contributed by atoms with Gasteiger partial charge >= 0.3 is 0 Å². The van der Waals surface area contributed by atoms with E-state index in [1.807, 2.05) is 0 Å². The van der Waals surface area contributed by atoms with Crippen molar-refractivity contribution in [2.75, 3.05) is 0 Å². The highest BCUT2D eigenvalue weighted by molar-refractivity contribution is 7.80. The molecule has 46 heavy (non-hydrogen) atoms. The number of aliphatic hydroxyl groups is 3. The van der Waals surface area contributed by atoms with Gasteiger partial charge in [0.25, 0.3) is 0 Å². The van der Waals surface area contributed by atoms with Crippen molar-refractivity contribution in [1.29, 1.82) is 0 Å². The first-order chi connectivity index (χ1) is 21.8. The standard InChI is InChI=1S/C39H69NO5S/c1-7-8-9-13-31(32(40)36-34(42)33(41)35(43)37(46)45-36)44-26-18-20-38(5)25(22-26)14-15-27-29-17-16-28(24(4)12-10-11-23(2)3)39(29,6)21-19-30(27)38/h14,23-24,26-37,41-43,46H,7-13,15-22,40H2,1-6H3/t24-,26?,27+,28-,29+,30+,31?,32?,33+,34-,35-,36-,37?,38+,39-/m1/s1. The van der Waals surface area contributed by atoms with E-state index in [0.717, 1.165) is 80.5 Å². The Morgan fingerprint density at radius 3 is 2.41 bits per heavy atom. The molecular formula is C39H69NO5S. The molecule has 4 unspecified atom stereocenters. The average molecular weight is 664 g/mol. The molecule has 15 atom stereocenters. The maximum absolute atomic E-state index is 10.8. The predicted molar refractivity (Wildman–Crippen MR) is 189 cm³/mol. The molecule has 3 saturated carbocycles. The molecule has 266 valence electrons. The molecule has 0 amide bonds. The lowest BCUT2D eigenvalue weighted by atomic mass is 9.47. The lowest BCUT2D eigenvalue weighted by Crippen LogP contribution is -2.63. The number of thiol groups is 1. The van der Waals surface area contributed by atoms with Gasteiger partial charge in [-0.15, -0.1) is 12.6 Å². The van der Waals surface area contributed by atoms with Gasteiger partial charge in [-0.2, -0.15) is 0 Å². The fourth-order valence-corrected chi connectivity index (χ4v) is 11.7. The van der Waals surface area contributed by atoms with Gasteiger partial charge in [-0.25, -0.2) is 0 Å². The Labute approximate surface area is 286 Å². The number of nitrogens with two attached hydrogens (primary N) is 1. The molecule has 7 heteroatoms. The second-order valence-corrected chi connectivity index (χ2v) is 17.9. The summed E-state index contributed by atoms with van der Waals surface area (Å²) in [5.74, 6) is 4.98. The molecule has 5 rings (SSSR count). The monoisotopic (exact) mass is 663 g/mol. The van der Waals surface area contributed by atoms with Crippen molar-refractivity contribution >= 4 is 12.6 Å². The van der Waals surface area contributed by atoms with Crippen LogP contribution in [-0.2, 0) is 9.47 Å². The fraction of sp³-hybridized carbons (Fsp3) is 0.949. The summed E-state index contributed by atoms with van der Waals surface area (Å²) in [6.45, 7) is 14.7. The van der Waals surface area contributed by atoms with E-state index in [9.17, 15) is 15.3 Å². The van der Waals surface area contributed by atoms with Gasteiger partial charge in [0.05, 0.1) is 18.2 Å². The van der Waals surface area contributed by atoms with Gasteiger partial charge in [-0.3, -0.25) is 0 Å². The maximum Gasteiger partial charge on any atom is 0.129 e. The molecule has 1 saturated heterocycles. The second-order valence-electron chi connectivity index (χ2n) is 17.4. The van der Waals surface area contributed by atoms with Crippen LogP contribution in [0.2, 0.25) is 0 Å². The first kappa shape index (κ1) is 37.1. The van der Waals surface area contributed by atoms with E-state index in [4.69, 9.17) is 15.2 Å². The van der Waals surface area contributed by atoms with Crippen molar-refractivity contribution < 1.29 is 24.8 Å². The molecule has 0 aromatic carbocycles. The van der Waals surface area contributed by atoms with Crippen molar-refractivity contribution in [2.45, 2.75) is 186 Å². The first-order valence-electron chi connectivity index (χ1n) is 19.3. The number of hydrogen-bond donors (Lipinski definition) is 5. The van der Waals surface area contributed by atoms with Gasteiger partial charge in [0, 0.05) is 0 Å². The van der Waals surface area contributed by atoms with Crippen molar-refractivity contribution in [3.8, 4) is 0 Å². The van der Waals surface area contributed by atoms with Crippen molar-refractivity contribution in [2.24, 2.45) is 52.1 Å². The molecule has 0 bridgehead atoms. The molecule has 1 aliphatic heterocycles. The molecule has 0 radical (unpaired) electrons. The van der Waals surface area contributed by atoms with Gasteiger partial charge in [0.15, 0.2) is 0 Å². The zero-order valence-corrected chi connectivity index (χ0v) is 30.8. The summed E-state index contributed by atoms with van der Waals surface area (Å²) in [6.07, 6.45) is 15.8. The Balaban J connectivity index is 1.25. The number of ether oxygens (including phenoxy) is 2. The summed E-state index contributed by atoms with van der Waals surface area (Å²) in [6, 6.07) is -0.624. The molecule has 0 aromatic heterocycles. The van der Waals surface area contributed by atoms with Gasteiger partial charge in [-0.1, -0.05) is 91.7 Å². The van der Waals surface area contributed by atoms with Crippen LogP contribution in [-0.4, -0.2) is 63.4 Å². The van der Waals surface area contributed by atoms with Crippen LogP contribution in [0, 0.1) is 46.3 Å². The third-order valence-corrected chi connectivity index (χ3v) is 14.6. The summed E-state index contributed by atoms with van der Waals surface area (Å²) < 4.78 is 12.7. The fourth-order valence-electron chi connectivity index (χ4n) is 11.4. The Hall–Kier alpha value is -0.150. The number of unbranched alkanes of at least 4 members (excludes halogenated alkanes) is 2. The molecule has 0 aromatic rings. The van der Waals surface area contributed by atoms with E-state index in [-0.39, 0.29) is 17.6 Å². The van der Waals surface area contributed by atoms with E-state index in [1.165, 1.54) is 51.4 Å². The zero-order chi connectivity index (χ0) is 33.4. The Morgan fingerprint density at radius 1 is 0.935 bits per heavy atom. The quantitative estimate of drug-likeness (QED) is 0.0798. The van der Waals surface area contributed by atoms with Crippen molar-refractivity contribution in [3.05, 3.63) is 11.6 Å². The van der Waals surface area contributed by atoms with Crippen LogP contribution in [0.15, 0.2) is 11.6 Å². The smallest absolute Gasteiger partial charge is 0.129 e. The van der Waals surface area contributed by atoms with E-state index in [2.05, 4.69) is 60.2 Å². The van der Waals surface area contributed by atoms with Crippen molar-refractivity contribution in [1.82, 2.24) is 0 Å². The second kappa shape index (κ2) is 15.4. The van der Waals surface area contributed by atoms with E-state index in [1.54, 1.807) is 5.57 Å². The van der Waals surface area contributed by atoms with Crippen LogP contribution in [0.3, 0.4) is 0 Å². The molecular weight excluding hydrogens is 594 g/mol. The van der Waals surface area contributed by atoms with Gasteiger partial charge in [-0.05, 0) is 104 Å². The normalized spacial score (nSPS) is 44.6. The highest BCUT2D eigenvalue weighted by atomic mass is 32.1. The number of rotatable bonds is 13. The molecule has 5 N–H and O–H groups in total. The SMILES string of the molecule is CCCCCC(OC1CC[C@@]2(C)C(=CC[C@H]3[C@@H]4CC[C@H]([C@H](C)CCCC(C)C)[C@@]4(C)CC[C@@H]32)C1)C(N)[C@H]1OC(S)[C@H](O)[C@@H](O)[C@H]1O. The lowest BCUT2D eigenvalue weighted by Gasteiger charge is -2.58. The van der Waals surface area contributed by atoms with E-state index in [0.29, 0.717) is 5.41 Å². The number of allylic oxidation sites excluding steroid dienone is 1. The minimum absolute atomic E-state index is 0.0907. The Morgan fingerprint density at radius 2 is 1.70 bits per heavy atom. The highest BCUT2D eigenvalue weighted by Crippen LogP contribution is 2.67. The predicted octanol–water partition coefficient (Wildman–Crippen LogP) is 7.43. The maximum atomic E-state index is 10.8. The molecule has 1 heterocycles. The van der Waals surface area contributed by atoms with E-state index >= 15 is 0 Å². The average Bonchev–Trinajstić information content (AvgIpc) is 3.38. The third-order valence-electron chi connectivity index (χ3n) is 14.2. The molecule has 5 aliphatic rings. The van der Waals surface area contributed by atoms with Crippen LogP contribution in [0.4, 0.5) is 0 Å². The molecule has 6 nitrogen and oxygen atoms in total. The Kier molecular flexibility index (Phi) is 12.4. The van der Waals surface area contributed by atoms with Gasteiger partial charge in [0.2, 0.25) is 0 Å². The number of hydrogen-bond acceptors (Lipinski definition) is 7. The summed E-state index contributed by atoms with van der Waals surface area (Å²) in [4.78, 5) is 0. The Bertz CT molecular complexity index is 1020.